The molecule has 3 atom stereocenters. The first kappa shape index (κ1) is 25.2. The van der Waals surface area contributed by atoms with Gasteiger partial charge in [0, 0.05) is 12.0 Å². The fourth-order valence-corrected chi connectivity index (χ4v) is 5.07. The highest BCUT2D eigenvalue weighted by molar-refractivity contribution is 6.25. The van der Waals surface area contributed by atoms with Crippen molar-refractivity contribution in [1.82, 2.24) is 10.0 Å². The van der Waals surface area contributed by atoms with Crippen LogP contribution >= 0.6 is 0 Å². The lowest BCUT2D eigenvalue weighted by molar-refractivity contribution is -0.135. The minimum absolute atomic E-state index is 0.0902. The Bertz CT molecular complexity index is 1560. The number of amides is 3. The van der Waals surface area contributed by atoms with E-state index in [1.165, 1.54) is 48.7 Å². The number of benzene rings is 2. The minimum Gasteiger partial charge on any atom is -0.493 e. The number of hydrogen-bond donors (Lipinski definition) is 0. The second kappa shape index (κ2) is 9.91. The van der Waals surface area contributed by atoms with Crippen LogP contribution in [-0.4, -0.2) is 66.3 Å². The molecule has 0 radical (unpaired) electrons. The van der Waals surface area contributed by atoms with Crippen LogP contribution < -0.4 is 14.4 Å². The van der Waals surface area contributed by atoms with Crippen molar-refractivity contribution in [3.63, 3.8) is 0 Å². The predicted octanol–water partition coefficient (Wildman–Crippen LogP) is 3.11. The Kier molecular flexibility index (Phi) is 6.25. The van der Waals surface area contributed by atoms with E-state index in [0.717, 1.165) is 16.5 Å². The van der Waals surface area contributed by atoms with E-state index in [9.17, 15) is 18.8 Å². The number of rotatable bonds is 7. The maximum atomic E-state index is 13.8. The average molecular weight is 547 g/mol. The molecule has 40 heavy (non-hydrogen) atoms. The highest BCUT2D eigenvalue weighted by atomic mass is 19.1. The fraction of sp³-hybridized carbons (Fsp3) is 0.259. The van der Waals surface area contributed by atoms with Crippen LogP contribution in [0.2, 0.25) is 0 Å². The molecule has 4 heterocycles. The average Bonchev–Trinajstić information content (AvgIpc) is 3.75. The summed E-state index contributed by atoms with van der Waals surface area (Å²) in [5.41, 5.74) is 1.43. The van der Waals surface area contributed by atoms with E-state index in [-0.39, 0.29) is 12.2 Å². The highest BCUT2D eigenvalue weighted by Gasteiger charge is 2.55. The number of hydrogen-bond acceptors (Lipinski definition) is 10. The molecule has 6 rings (SSSR count). The van der Waals surface area contributed by atoms with E-state index in [0.29, 0.717) is 29.4 Å². The van der Waals surface area contributed by atoms with Gasteiger partial charge in [-0.25, -0.2) is 14.3 Å². The van der Waals surface area contributed by atoms with Gasteiger partial charge in [-0.2, -0.15) is 10.2 Å². The van der Waals surface area contributed by atoms with Gasteiger partial charge in [0.1, 0.15) is 24.2 Å². The van der Waals surface area contributed by atoms with Gasteiger partial charge in [0.05, 0.1) is 31.9 Å². The number of halogens is 1. The second-order valence-electron chi connectivity index (χ2n) is 9.27. The van der Waals surface area contributed by atoms with E-state index in [1.807, 2.05) is 6.07 Å². The van der Waals surface area contributed by atoms with Gasteiger partial charge in [-0.1, -0.05) is 11.3 Å². The number of carbonyl (C=O) groups is 3. The van der Waals surface area contributed by atoms with Crippen molar-refractivity contribution in [2.75, 3.05) is 25.7 Å². The Morgan fingerprint density at radius 3 is 2.60 bits per heavy atom. The summed E-state index contributed by atoms with van der Waals surface area (Å²) >= 11 is 0. The number of anilines is 1. The molecule has 0 N–H and O–H groups in total. The lowest BCUT2D eigenvalue weighted by Gasteiger charge is -2.24. The van der Waals surface area contributed by atoms with Gasteiger partial charge in [0.2, 0.25) is 0 Å². The van der Waals surface area contributed by atoms with Crippen molar-refractivity contribution in [2.45, 2.75) is 24.5 Å². The first-order valence-electron chi connectivity index (χ1n) is 12.4. The van der Waals surface area contributed by atoms with Gasteiger partial charge >= 0.3 is 0 Å². The summed E-state index contributed by atoms with van der Waals surface area (Å²) in [5, 5.41) is 15.0. The van der Waals surface area contributed by atoms with Gasteiger partial charge < -0.3 is 13.9 Å². The molecule has 12 nitrogen and oxygen atoms in total. The molecule has 2 aromatic carbocycles. The zero-order chi connectivity index (χ0) is 28.0. The summed E-state index contributed by atoms with van der Waals surface area (Å²) in [5.74, 6) is -0.765. The van der Waals surface area contributed by atoms with Gasteiger partial charge in [-0.3, -0.25) is 19.4 Å². The smallest absolute Gasteiger partial charge is 0.264 e. The molecule has 3 amide bonds. The summed E-state index contributed by atoms with van der Waals surface area (Å²) in [6.07, 6.45) is 1.86. The minimum atomic E-state index is -1.13. The summed E-state index contributed by atoms with van der Waals surface area (Å²) in [6.45, 7) is -0.374. The fourth-order valence-electron chi connectivity index (χ4n) is 5.07. The van der Waals surface area contributed by atoms with Crippen molar-refractivity contribution < 1.29 is 32.7 Å². The Labute approximate surface area is 227 Å². The summed E-state index contributed by atoms with van der Waals surface area (Å²) in [7, 11) is 3.07. The lowest BCUT2D eigenvalue weighted by Crippen LogP contribution is -2.44. The number of nitrogens with zero attached hydrogens (tertiary/aromatic N) is 6. The third-order valence-corrected chi connectivity index (χ3v) is 6.98. The standard InChI is InChI=1S/C27H23FN6O6/c1-38-21-9-8-15(11-22(21)39-2)18-13-19(20-7-4-10-40-20)34(30-18)23(35)14-32-25-24(29-31-32)26(36)33(27(25)37)17-6-3-5-16(28)12-17/h3-12,19,24-25H,13-14H2,1-2H3/t19-,24-,25+/m0/s1. The molecule has 13 heteroatoms. The number of carbonyl (C=O) groups excluding carboxylic acids is 3. The summed E-state index contributed by atoms with van der Waals surface area (Å²) in [4.78, 5) is 40.7. The van der Waals surface area contributed by atoms with Gasteiger partial charge in [-0.15, -0.1) is 0 Å². The molecule has 0 spiro atoms. The molecule has 3 aliphatic rings. The van der Waals surface area contributed by atoms with Crippen LogP contribution in [0.15, 0.2) is 80.7 Å². The van der Waals surface area contributed by atoms with Crippen molar-refractivity contribution in [3.05, 3.63) is 78.0 Å². The molecular formula is C27H23FN6O6. The van der Waals surface area contributed by atoms with Crippen LogP contribution in [0.5, 0.6) is 11.5 Å². The molecule has 1 fully saturated rings. The number of fused-ring (bicyclic) bond motifs is 1. The lowest BCUT2D eigenvalue weighted by atomic mass is 10.0. The first-order valence-corrected chi connectivity index (χ1v) is 12.4. The molecule has 0 saturated carbocycles. The van der Waals surface area contributed by atoms with Crippen molar-refractivity contribution >= 4 is 29.1 Å². The third-order valence-electron chi connectivity index (χ3n) is 6.98. The van der Waals surface area contributed by atoms with Gasteiger partial charge in [0.15, 0.2) is 23.6 Å². The molecule has 0 bridgehead atoms. The van der Waals surface area contributed by atoms with Crippen molar-refractivity contribution in [2.24, 2.45) is 15.4 Å². The van der Waals surface area contributed by atoms with Crippen LogP contribution in [0.25, 0.3) is 0 Å². The SMILES string of the molecule is COc1ccc(C2=NN(C(=O)CN3N=N[C@@H]4C(=O)N(c5cccc(F)c5)C(=O)[C@@H]43)[C@H](c3ccco3)C2)cc1OC. The van der Waals surface area contributed by atoms with Crippen LogP contribution in [0, 0.1) is 5.82 Å². The second-order valence-corrected chi connectivity index (χ2v) is 9.27. The molecule has 204 valence electrons. The zero-order valence-corrected chi connectivity index (χ0v) is 21.4. The van der Waals surface area contributed by atoms with Crippen LogP contribution in [0.1, 0.15) is 23.8 Å². The summed E-state index contributed by atoms with van der Waals surface area (Å²) in [6, 6.07) is 11.2. The molecule has 0 unspecified atom stereocenters. The Hall–Kier alpha value is -5.07. The van der Waals surface area contributed by atoms with E-state index >= 15 is 0 Å². The maximum absolute atomic E-state index is 13.8. The Morgan fingerprint density at radius 1 is 1.05 bits per heavy atom. The van der Waals surface area contributed by atoms with Crippen molar-refractivity contribution in [3.8, 4) is 11.5 Å². The van der Waals surface area contributed by atoms with E-state index in [1.54, 1.807) is 24.3 Å². The third kappa shape index (κ3) is 4.15. The Balaban J connectivity index is 1.26. The first-order chi connectivity index (χ1) is 19.4. The van der Waals surface area contributed by atoms with Crippen LogP contribution in [0.3, 0.4) is 0 Å². The highest BCUT2D eigenvalue weighted by Crippen LogP contribution is 2.37. The number of hydrazone groups is 1. The maximum Gasteiger partial charge on any atom is 0.264 e. The zero-order valence-electron chi connectivity index (χ0n) is 21.4. The predicted molar refractivity (Wildman–Crippen MR) is 137 cm³/mol. The molecular weight excluding hydrogens is 523 g/mol. The normalized spacial score (nSPS) is 21.7. The summed E-state index contributed by atoms with van der Waals surface area (Å²) < 4.78 is 30.1. The van der Waals surface area contributed by atoms with Gasteiger partial charge in [0.25, 0.3) is 17.7 Å². The quantitative estimate of drug-likeness (QED) is 0.417. The van der Waals surface area contributed by atoms with E-state index in [4.69, 9.17) is 13.9 Å². The van der Waals surface area contributed by atoms with E-state index in [2.05, 4.69) is 15.4 Å². The van der Waals surface area contributed by atoms with Crippen molar-refractivity contribution in [1.29, 1.82) is 0 Å². The topological polar surface area (TPSA) is 130 Å². The van der Waals surface area contributed by atoms with E-state index < -0.39 is 41.7 Å². The molecule has 0 aliphatic carbocycles. The number of ether oxygens (including phenoxy) is 2. The van der Waals surface area contributed by atoms with Gasteiger partial charge in [-0.05, 0) is 48.5 Å². The number of imide groups is 1. The molecule has 3 aliphatic heterocycles. The number of methoxy groups -OCH3 is 2. The molecule has 1 saturated heterocycles. The Morgan fingerprint density at radius 2 is 1.88 bits per heavy atom. The van der Waals surface area contributed by atoms with Crippen LogP contribution in [0.4, 0.5) is 10.1 Å². The molecule has 3 aromatic rings. The molecule has 1 aromatic heterocycles. The largest absolute Gasteiger partial charge is 0.493 e. The monoisotopic (exact) mass is 546 g/mol. The van der Waals surface area contributed by atoms with Crippen LogP contribution in [-0.2, 0) is 14.4 Å². The number of furan rings is 1.